The Hall–Kier alpha value is -0.950. The van der Waals surface area contributed by atoms with E-state index in [9.17, 15) is 8.42 Å². The van der Waals surface area contributed by atoms with Gasteiger partial charge in [0.15, 0.2) is 5.79 Å². The van der Waals surface area contributed by atoms with Crippen molar-refractivity contribution in [3.63, 3.8) is 0 Å². The van der Waals surface area contributed by atoms with Crippen LogP contribution in [0.15, 0.2) is 29.2 Å². The topological polar surface area (TPSA) is 64.6 Å². The fourth-order valence-electron chi connectivity index (χ4n) is 1.78. The number of rotatable bonds is 8. The molecule has 0 unspecified atom stereocenters. The van der Waals surface area contributed by atoms with Gasteiger partial charge < -0.3 is 9.47 Å². The van der Waals surface area contributed by atoms with E-state index in [1.165, 1.54) is 0 Å². The zero-order valence-electron chi connectivity index (χ0n) is 12.5. The molecular weight excluding hydrogens is 278 g/mol. The Morgan fingerprint density at radius 3 is 2.05 bits per heavy atom. The minimum atomic E-state index is -3.56. The van der Waals surface area contributed by atoms with E-state index in [4.69, 9.17) is 9.47 Å². The zero-order chi connectivity index (χ0) is 15.2. The second-order valence-corrected chi connectivity index (χ2v) is 6.40. The van der Waals surface area contributed by atoms with Gasteiger partial charge in [0.05, 0.1) is 11.4 Å². The molecule has 6 heteroatoms. The van der Waals surface area contributed by atoms with Crippen molar-refractivity contribution in [3.05, 3.63) is 29.8 Å². The molecule has 0 radical (unpaired) electrons. The molecule has 1 aromatic rings. The summed E-state index contributed by atoms with van der Waals surface area (Å²) < 4.78 is 37.8. The van der Waals surface area contributed by atoms with Crippen molar-refractivity contribution in [3.8, 4) is 0 Å². The van der Waals surface area contributed by atoms with Gasteiger partial charge in [0, 0.05) is 13.2 Å². The monoisotopic (exact) mass is 301 g/mol. The maximum absolute atomic E-state index is 12.2. The summed E-state index contributed by atoms with van der Waals surface area (Å²) in [7, 11) is -3.56. The first-order valence-electron chi connectivity index (χ1n) is 6.67. The van der Waals surface area contributed by atoms with Crippen molar-refractivity contribution in [2.24, 2.45) is 0 Å². The number of benzene rings is 1. The first-order chi connectivity index (χ1) is 9.33. The fraction of sp³-hybridized carbons (Fsp3) is 0.571. The van der Waals surface area contributed by atoms with Crippen molar-refractivity contribution in [2.45, 2.75) is 38.4 Å². The Morgan fingerprint density at radius 2 is 1.60 bits per heavy atom. The summed E-state index contributed by atoms with van der Waals surface area (Å²) in [6.07, 6.45) is 0. The van der Waals surface area contributed by atoms with E-state index in [1.54, 1.807) is 31.2 Å². The summed E-state index contributed by atoms with van der Waals surface area (Å²) in [6, 6.07) is 6.68. The van der Waals surface area contributed by atoms with Crippen LogP contribution >= 0.6 is 0 Å². The molecule has 0 heterocycles. The smallest absolute Gasteiger partial charge is 0.240 e. The molecule has 0 amide bonds. The van der Waals surface area contributed by atoms with Gasteiger partial charge in [0.2, 0.25) is 10.0 Å². The third kappa shape index (κ3) is 4.86. The average molecular weight is 301 g/mol. The maximum atomic E-state index is 12.2. The van der Waals surface area contributed by atoms with Crippen molar-refractivity contribution in [1.82, 2.24) is 4.72 Å². The molecule has 0 aliphatic heterocycles. The lowest BCUT2D eigenvalue weighted by Gasteiger charge is -2.29. The third-order valence-corrected chi connectivity index (χ3v) is 4.23. The lowest BCUT2D eigenvalue weighted by molar-refractivity contribution is -0.215. The molecular formula is C14H23NO4S. The molecule has 0 spiro atoms. The SMILES string of the molecule is CCOC(C)(CNS(=O)(=O)c1ccc(C)cc1)OCC. The van der Waals surface area contributed by atoms with Gasteiger partial charge in [-0.15, -0.1) is 0 Å². The van der Waals surface area contributed by atoms with Crippen molar-refractivity contribution >= 4 is 10.0 Å². The summed E-state index contributed by atoms with van der Waals surface area (Å²) in [5, 5.41) is 0. The predicted molar refractivity (Wildman–Crippen MR) is 78.0 cm³/mol. The first-order valence-corrected chi connectivity index (χ1v) is 8.15. The van der Waals surface area contributed by atoms with Crippen LogP contribution in [-0.2, 0) is 19.5 Å². The highest BCUT2D eigenvalue weighted by Gasteiger charge is 2.27. The Balaban J connectivity index is 2.78. The molecule has 0 atom stereocenters. The third-order valence-electron chi connectivity index (χ3n) is 2.81. The zero-order valence-corrected chi connectivity index (χ0v) is 13.3. The van der Waals surface area contributed by atoms with Crippen LogP contribution in [0.25, 0.3) is 0 Å². The van der Waals surface area contributed by atoms with Gasteiger partial charge in [-0.05, 0) is 39.8 Å². The van der Waals surface area contributed by atoms with Gasteiger partial charge in [-0.2, -0.15) is 0 Å². The summed E-state index contributed by atoms with van der Waals surface area (Å²) in [5.41, 5.74) is 1.01. The number of aryl methyl sites for hydroxylation is 1. The quantitative estimate of drug-likeness (QED) is 0.747. The highest BCUT2D eigenvalue weighted by atomic mass is 32.2. The van der Waals surface area contributed by atoms with Crippen LogP contribution in [0, 0.1) is 6.92 Å². The molecule has 0 fully saturated rings. The lowest BCUT2D eigenvalue weighted by atomic mass is 10.2. The molecule has 0 aromatic heterocycles. The van der Waals surface area contributed by atoms with Crippen LogP contribution in [0.3, 0.4) is 0 Å². The highest BCUT2D eigenvalue weighted by molar-refractivity contribution is 7.89. The number of sulfonamides is 1. The van der Waals surface area contributed by atoms with Crippen LogP contribution in [0.4, 0.5) is 0 Å². The van der Waals surface area contributed by atoms with Gasteiger partial charge in [0.1, 0.15) is 0 Å². The van der Waals surface area contributed by atoms with Crippen LogP contribution < -0.4 is 4.72 Å². The van der Waals surface area contributed by atoms with E-state index < -0.39 is 15.8 Å². The largest absolute Gasteiger partial charge is 0.349 e. The molecule has 1 N–H and O–H groups in total. The van der Waals surface area contributed by atoms with E-state index in [0.717, 1.165) is 5.56 Å². The number of hydrogen-bond donors (Lipinski definition) is 1. The van der Waals surface area contributed by atoms with Crippen LogP contribution in [0.1, 0.15) is 26.3 Å². The second kappa shape index (κ2) is 7.17. The highest BCUT2D eigenvalue weighted by Crippen LogP contribution is 2.14. The second-order valence-electron chi connectivity index (χ2n) is 4.64. The number of hydrogen-bond acceptors (Lipinski definition) is 4. The minimum absolute atomic E-state index is 0.0604. The fourth-order valence-corrected chi connectivity index (χ4v) is 2.89. The normalized spacial score (nSPS) is 12.6. The van der Waals surface area contributed by atoms with E-state index in [-0.39, 0.29) is 11.4 Å². The molecule has 0 saturated carbocycles. The minimum Gasteiger partial charge on any atom is -0.349 e. The van der Waals surface area contributed by atoms with E-state index in [1.807, 2.05) is 20.8 Å². The first kappa shape index (κ1) is 17.1. The van der Waals surface area contributed by atoms with Crippen molar-refractivity contribution in [1.29, 1.82) is 0 Å². The summed E-state index contributed by atoms with van der Waals surface area (Å²) in [4.78, 5) is 0.235. The molecule has 1 aromatic carbocycles. The van der Waals surface area contributed by atoms with Crippen molar-refractivity contribution < 1.29 is 17.9 Å². The van der Waals surface area contributed by atoms with Crippen molar-refractivity contribution in [2.75, 3.05) is 19.8 Å². The summed E-state index contributed by atoms with van der Waals surface area (Å²) >= 11 is 0. The van der Waals surface area contributed by atoms with Crippen LogP contribution in [0.5, 0.6) is 0 Å². The molecule has 20 heavy (non-hydrogen) atoms. The average Bonchev–Trinajstić information content (AvgIpc) is 2.38. The van der Waals surface area contributed by atoms with Crippen LogP contribution in [0.2, 0.25) is 0 Å². The van der Waals surface area contributed by atoms with Gasteiger partial charge in [-0.25, -0.2) is 13.1 Å². The molecule has 114 valence electrons. The van der Waals surface area contributed by atoms with E-state index in [2.05, 4.69) is 4.72 Å². The summed E-state index contributed by atoms with van der Waals surface area (Å²) in [6.45, 7) is 8.26. The summed E-state index contributed by atoms with van der Waals surface area (Å²) in [5.74, 6) is -0.957. The van der Waals surface area contributed by atoms with Gasteiger partial charge in [-0.1, -0.05) is 17.7 Å². The Morgan fingerprint density at radius 1 is 1.10 bits per heavy atom. The molecule has 1 rings (SSSR count). The standard InChI is InChI=1S/C14H23NO4S/c1-5-18-14(4,19-6-2)11-15-20(16,17)13-9-7-12(3)8-10-13/h7-10,15H,5-6,11H2,1-4H3. The molecule has 0 aliphatic rings. The van der Waals surface area contributed by atoms with E-state index in [0.29, 0.717) is 13.2 Å². The Kier molecular flexibility index (Phi) is 6.13. The molecule has 0 bridgehead atoms. The Bertz CT molecular complexity index is 504. The molecule has 0 aliphatic carbocycles. The lowest BCUT2D eigenvalue weighted by Crippen LogP contribution is -2.45. The molecule has 5 nitrogen and oxygen atoms in total. The molecule has 0 saturated heterocycles. The van der Waals surface area contributed by atoms with Gasteiger partial charge in [-0.3, -0.25) is 0 Å². The Labute approximate surface area is 121 Å². The van der Waals surface area contributed by atoms with Gasteiger partial charge in [0.25, 0.3) is 0 Å². The number of ether oxygens (including phenoxy) is 2. The maximum Gasteiger partial charge on any atom is 0.240 e. The number of nitrogens with one attached hydrogen (secondary N) is 1. The van der Waals surface area contributed by atoms with E-state index >= 15 is 0 Å². The predicted octanol–water partition coefficient (Wildman–Crippen LogP) is 2.06. The van der Waals surface area contributed by atoms with Gasteiger partial charge >= 0.3 is 0 Å². The van der Waals surface area contributed by atoms with Crippen LogP contribution in [-0.4, -0.2) is 34.0 Å².